The van der Waals surface area contributed by atoms with Crippen LogP contribution in [0, 0.1) is 5.92 Å². The number of hydrogen-bond acceptors (Lipinski definition) is 3. The molecule has 0 spiro atoms. The number of rotatable bonds is 4. The standard InChI is InChI=1S/C10H15F3N4/c11-10(12,13)9-8(6-14)15-16-17(9)5-4-7-2-1-3-7/h7H,1-6,14H2. The molecule has 0 aromatic carbocycles. The first-order chi connectivity index (χ1) is 8.02. The molecule has 0 aliphatic heterocycles. The third-order valence-electron chi connectivity index (χ3n) is 3.24. The fourth-order valence-electron chi connectivity index (χ4n) is 2.04. The van der Waals surface area contributed by atoms with Crippen LogP contribution in [-0.2, 0) is 19.3 Å². The minimum absolute atomic E-state index is 0.175. The average Bonchev–Trinajstić information content (AvgIpc) is 2.58. The van der Waals surface area contributed by atoms with E-state index < -0.39 is 11.9 Å². The third kappa shape index (κ3) is 2.59. The fraction of sp³-hybridized carbons (Fsp3) is 0.800. The Kier molecular flexibility index (Phi) is 3.37. The van der Waals surface area contributed by atoms with Crippen LogP contribution in [-0.4, -0.2) is 15.0 Å². The fourth-order valence-corrected chi connectivity index (χ4v) is 2.04. The maximum atomic E-state index is 12.8. The van der Waals surface area contributed by atoms with Crippen molar-refractivity contribution < 1.29 is 13.2 Å². The van der Waals surface area contributed by atoms with Crippen molar-refractivity contribution in [2.24, 2.45) is 11.7 Å². The van der Waals surface area contributed by atoms with Gasteiger partial charge in [-0.1, -0.05) is 24.5 Å². The zero-order valence-electron chi connectivity index (χ0n) is 9.37. The second kappa shape index (κ2) is 4.64. The minimum atomic E-state index is -4.43. The number of halogens is 3. The average molecular weight is 248 g/mol. The van der Waals surface area contributed by atoms with E-state index in [-0.39, 0.29) is 18.8 Å². The van der Waals surface area contributed by atoms with E-state index in [4.69, 9.17) is 5.73 Å². The Labute approximate surface area is 97.0 Å². The molecule has 0 bridgehead atoms. The van der Waals surface area contributed by atoms with E-state index in [2.05, 4.69) is 10.3 Å². The first-order valence-electron chi connectivity index (χ1n) is 5.72. The molecule has 0 saturated heterocycles. The van der Waals surface area contributed by atoms with Crippen LogP contribution in [0.3, 0.4) is 0 Å². The zero-order chi connectivity index (χ0) is 12.5. The Morgan fingerprint density at radius 2 is 2.06 bits per heavy atom. The molecular formula is C10H15F3N4. The van der Waals surface area contributed by atoms with E-state index in [1.165, 1.54) is 6.42 Å². The van der Waals surface area contributed by atoms with Gasteiger partial charge in [-0.25, -0.2) is 4.68 Å². The van der Waals surface area contributed by atoms with Crippen LogP contribution in [0.2, 0.25) is 0 Å². The molecule has 0 amide bonds. The summed E-state index contributed by atoms with van der Waals surface area (Å²) in [7, 11) is 0. The largest absolute Gasteiger partial charge is 0.434 e. The van der Waals surface area contributed by atoms with Crippen LogP contribution in [0.15, 0.2) is 0 Å². The molecule has 1 aliphatic carbocycles. The van der Waals surface area contributed by atoms with Gasteiger partial charge in [-0.15, -0.1) is 5.10 Å². The summed E-state index contributed by atoms with van der Waals surface area (Å²) in [6.45, 7) is 0.0325. The molecule has 0 atom stereocenters. The van der Waals surface area contributed by atoms with Crippen molar-refractivity contribution in [2.45, 2.75) is 44.9 Å². The molecule has 96 valence electrons. The Morgan fingerprint density at radius 1 is 1.35 bits per heavy atom. The monoisotopic (exact) mass is 248 g/mol. The predicted molar refractivity (Wildman–Crippen MR) is 54.9 cm³/mol. The van der Waals surface area contributed by atoms with E-state index in [1.807, 2.05) is 0 Å². The molecule has 1 heterocycles. The highest BCUT2D eigenvalue weighted by Crippen LogP contribution is 2.33. The highest BCUT2D eigenvalue weighted by molar-refractivity contribution is 5.13. The molecular weight excluding hydrogens is 233 g/mol. The van der Waals surface area contributed by atoms with Gasteiger partial charge in [0.2, 0.25) is 0 Å². The lowest BCUT2D eigenvalue weighted by Gasteiger charge is -2.25. The van der Waals surface area contributed by atoms with Crippen LogP contribution in [0.25, 0.3) is 0 Å². The second-order valence-corrected chi connectivity index (χ2v) is 4.40. The lowest BCUT2D eigenvalue weighted by Crippen LogP contribution is -2.20. The predicted octanol–water partition coefficient (Wildman–Crippen LogP) is 1.95. The van der Waals surface area contributed by atoms with Crippen molar-refractivity contribution in [3.63, 3.8) is 0 Å². The lowest BCUT2D eigenvalue weighted by molar-refractivity contribution is -0.145. The summed E-state index contributed by atoms with van der Waals surface area (Å²) in [5.41, 5.74) is 4.27. The summed E-state index contributed by atoms with van der Waals surface area (Å²) in [5.74, 6) is 0.543. The van der Waals surface area contributed by atoms with Crippen molar-refractivity contribution in [3.8, 4) is 0 Å². The molecule has 17 heavy (non-hydrogen) atoms. The Hall–Kier alpha value is -1.11. The van der Waals surface area contributed by atoms with E-state index >= 15 is 0 Å². The highest BCUT2D eigenvalue weighted by atomic mass is 19.4. The summed E-state index contributed by atoms with van der Waals surface area (Å²) >= 11 is 0. The summed E-state index contributed by atoms with van der Waals surface area (Å²) in [6, 6.07) is 0. The number of aryl methyl sites for hydroxylation is 1. The molecule has 2 rings (SSSR count). The van der Waals surface area contributed by atoms with E-state index in [1.54, 1.807) is 0 Å². The van der Waals surface area contributed by atoms with Gasteiger partial charge in [0, 0.05) is 13.1 Å². The van der Waals surface area contributed by atoms with Crippen LogP contribution in [0.4, 0.5) is 13.2 Å². The number of alkyl halides is 3. The molecule has 1 fully saturated rings. The van der Waals surface area contributed by atoms with Crippen molar-refractivity contribution in [1.82, 2.24) is 15.0 Å². The van der Waals surface area contributed by atoms with Gasteiger partial charge in [0.15, 0.2) is 5.69 Å². The molecule has 4 nitrogen and oxygen atoms in total. The Balaban J connectivity index is 2.12. The number of hydrogen-bond donors (Lipinski definition) is 1. The van der Waals surface area contributed by atoms with Gasteiger partial charge in [0.25, 0.3) is 0 Å². The Morgan fingerprint density at radius 3 is 2.53 bits per heavy atom. The maximum Gasteiger partial charge on any atom is 0.434 e. The zero-order valence-corrected chi connectivity index (χ0v) is 9.37. The number of nitrogens with two attached hydrogens (primary N) is 1. The van der Waals surface area contributed by atoms with Gasteiger partial charge < -0.3 is 5.73 Å². The van der Waals surface area contributed by atoms with Crippen molar-refractivity contribution in [2.75, 3.05) is 0 Å². The topological polar surface area (TPSA) is 56.7 Å². The first kappa shape index (κ1) is 12.3. The van der Waals surface area contributed by atoms with Crippen molar-refractivity contribution >= 4 is 0 Å². The maximum absolute atomic E-state index is 12.8. The van der Waals surface area contributed by atoms with E-state index in [0.29, 0.717) is 5.92 Å². The Bertz CT molecular complexity index is 381. The third-order valence-corrected chi connectivity index (χ3v) is 3.24. The van der Waals surface area contributed by atoms with Crippen LogP contribution >= 0.6 is 0 Å². The molecule has 0 radical (unpaired) electrons. The lowest BCUT2D eigenvalue weighted by atomic mass is 9.83. The smallest absolute Gasteiger partial charge is 0.325 e. The summed E-state index contributed by atoms with van der Waals surface area (Å²) < 4.78 is 39.3. The molecule has 1 aliphatic rings. The molecule has 7 heteroatoms. The normalized spacial score (nSPS) is 17.2. The van der Waals surface area contributed by atoms with Gasteiger partial charge in [0.05, 0.1) is 0 Å². The first-order valence-corrected chi connectivity index (χ1v) is 5.72. The van der Waals surface area contributed by atoms with Crippen LogP contribution in [0.1, 0.15) is 37.1 Å². The van der Waals surface area contributed by atoms with Crippen molar-refractivity contribution in [3.05, 3.63) is 11.4 Å². The molecule has 0 unspecified atom stereocenters. The molecule has 2 N–H and O–H groups in total. The molecule has 1 saturated carbocycles. The summed E-state index contributed by atoms with van der Waals surface area (Å²) in [4.78, 5) is 0. The van der Waals surface area contributed by atoms with E-state index in [9.17, 15) is 13.2 Å². The number of nitrogens with zero attached hydrogens (tertiary/aromatic N) is 3. The van der Waals surface area contributed by atoms with Gasteiger partial charge in [-0.05, 0) is 12.3 Å². The van der Waals surface area contributed by atoms with Gasteiger partial charge >= 0.3 is 6.18 Å². The van der Waals surface area contributed by atoms with E-state index in [0.717, 1.165) is 23.9 Å². The van der Waals surface area contributed by atoms with Gasteiger partial charge in [0.1, 0.15) is 5.69 Å². The molecule has 1 aromatic rings. The minimum Gasteiger partial charge on any atom is -0.325 e. The van der Waals surface area contributed by atoms with Gasteiger partial charge in [-0.2, -0.15) is 13.2 Å². The highest BCUT2D eigenvalue weighted by Gasteiger charge is 2.38. The van der Waals surface area contributed by atoms with Crippen LogP contribution in [0.5, 0.6) is 0 Å². The SMILES string of the molecule is NCc1nnn(CCC2CCC2)c1C(F)(F)F. The quantitative estimate of drug-likeness (QED) is 0.886. The summed E-state index contributed by atoms with van der Waals surface area (Å²) in [6.07, 6.45) is -0.296. The second-order valence-electron chi connectivity index (χ2n) is 4.40. The van der Waals surface area contributed by atoms with Crippen molar-refractivity contribution in [1.29, 1.82) is 0 Å². The van der Waals surface area contributed by atoms with Gasteiger partial charge in [-0.3, -0.25) is 0 Å². The van der Waals surface area contributed by atoms with Crippen LogP contribution < -0.4 is 5.73 Å². The summed E-state index contributed by atoms with van der Waals surface area (Å²) in [5, 5.41) is 7.04. The number of aromatic nitrogens is 3. The molecule has 1 aromatic heterocycles.